The summed E-state index contributed by atoms with van der Waals surface area (Å²) in [6, 6.07) is 5.25. The van der Waals surface area contributed by atoms with E-state index in [1.807, 2.05) is 6.92 Å². The summed E-state index contributed by atoms with van der Waals surface area (Å²) in [5, 5.41) is 13.1. The van der Waals surface area contributed by atoms with E-state index in [0.717, 1.165) is 11.6 Å². The smallest absolute Gasteiger partial charge is 0.244 e. The van der Waals surface area contributed by atoms with Gasteiger partial charge in [-0.2, -0.15) is 14.7 Å². The van der Waals surface area contributed by atoms with Gasteiger partial charge in [-0.15, -0.1) is 0 Å². The van der Waals surface area contributed by atoms with Crippen LogP contribution in [-0.2, 0) is 23.6 Å². The molecule has 1 aromatic carbocycles. The summed E-state index contributed by atoms with van der Waals surface area (Å²) in [5.74, 6) is -0.841. The van der Waals surface area contributed by atoms with Gasteiger partial charge in [-0.1, -0.05) is 13.0 Å². The molecule has 122 valence electrons. The molecule has 0 unspecified atom stereocenters. The van der Waals surface area contributed by atoms with Crippen molar-refractivity contribution in [3.05, 3.63) is 47.5 Å². The van der Waals surface area contributed by atoms with E-state index in [-0.39, 0.29) is 18.0 Å². The molecule has 1 aromatic heterocycles. The van der Waals surface area contributed by atoms with Crippen LogP contribution in [-0.4, -0.2) is 29.0 Å². The van der Waals surface area contributed by atoms with E-state index in [9.17, 15) is 12.8 Å². The van der Waals surface area contributed by atoms with Crippen LogP contribution >= 0.6 is 0 Å². The Morgan fingerprint density at radius 3 is 2.74 bits per heavy atom. The van der Waals surface area contributed by atoms with Gasteiger partial charge < -0.3 is 0 Å². The zero-order chi connectivity index (χ0) is 17.0. The third kappa shape index (κ3) is 3.57. The minimum absolute atomic E-state index is 0.116. The van der Waals surface area contributed by atoms with Gasteiger partial charge >= 0.3 is 0 Å². The van der Waals surface area contributed by atoms with Gasteiger partial charge in [0.2, 0.25) is 10.0 Å². The first-order valence-corrected chi connectivity index (χ1v) is 8.50. The standard InChI is InChI=1S/C15H17FN4O2S/c1-3-7-20(11-12-9-18-19(2)10-12)23(21,22)15-6-4-5-14(16)13(15)8-17/h4-6,9-10H,3,7,11H2,1-2H3. The third-order valence-electron chi connectivity index (χ3n) is 3.30. The molecule has 2 aromatic rings. The van der Waals surface area contributed by atoms with Crippen LogP contribution in [0.15, 0.2) is 35.5 Å². The van der Waals surface area contributed by atoms with E-state index in [1.54, 1.807) is 30.2 Å². The summed E-state index contributed by atoms with van der Waals surface area (Å²) in [6.07, 6.45) is 3.89. The Bertz CT molecular complexity index is 839. The molecule has 0 atom stereocenters. The Hall–Kier alpha value is -2.24. The predicted molar refractivity (Wildman–Crippen MR) is 82.2 cm³/mol. The fraction of sp³-hybridized carbons (Fsp3) is 0.333. The molecule has 0 aliphatic heterocycles. The summed E-state index contributed by atoms with van der Waals surface area (Å²) in [5.41, 5.74) is 0.263. The summed E-state index contributed by atoms with van der Waals surface area (Å²) in [7, 11) is -2.25. The topological polar surface area (TPSA) is 79.0 Å². The van der Waals surface area contributed by atoms with Crippen LogP contribution in [0.5, 0.6) is 0 Å². The Balaban J connectivity index is 2.45. The number of rotatable bonds is 6. The Morgan fingerprint density at radius 2 is 2.17 bits per heavy atom. The fourth-order valence-electron chi connectivity index (χ4n) is 2.26. The maximum atomic E-state index is 13.7. The van der Waals surface area contributed by atoms with Gasteiger partial charge in [-0.05, 0) is 18.6 Å². The maximum absolute atomic E-state index is 13.7. The molecule has 0 amide bonds. The van der Waals surface area contributed by atoms with Crippen molar-refractivity contribution in [1.82, 2.24) is 14.1 Å². The second-order valence-electron chi connectivity index (χ2n) is 5.09. The number of benzene rings is 1. The van der Waals surface area contributed by atoms with Crippen molar-refractivity contribution in [2.75, 3.05) is 6.54 Å². The quantitative estimate of drug-likeness (QED) is 0.808. The molecule has 6 nitrogen and oxygen atoms in total. The van der Waals surface area contributed by atoms with Crippen molar-refractivity contribution in [3.63, 3.8) is 0 Å². The van der Waals surface area contributed by atoms with Gasteiger partial charge in [0.05, 0.1) is 6.20 Å². The zero-order valence-corrected chi connectivity index (χ0v) is 13.7. The third-order valence-corrected chi connectivity index (χ3v) is 5.18. The normalized spacial score (nSPS) is 11.6. The fourth-order valence-corrected chi connectivity index (χ4v) is 3.93. The lowest BCUT2D eigenvalue weighted by Gasteiger charge is -2.21. The molecule has 0 aliphatic rings. The highest BCUT2D eigenvalue weighted by Crippen LogP contribution is 2.23. The number of halogens is 1. The lowest BCUT2D eigenvalue weighted by molar-refractivity contribution is 0.405. The molecule has 0 aliphatic carbocycles. The minimum atomic E-state index is -3.98. The molecule has 0 spiro atoms. The molecule has 23 heavy (non-hydrogen) atoms. The Morgan fingerprint density at radius 1 is 1.43 bits per heavy atom. The lowest BCUT2D eigenvalue weighted by atomic mass is 10.2. The number of sulfonamides is 1. The van der Waals surface area contributed by atoms with Crippen molar-refractivity contribution in [1.29, 1.82) is 5.26 Å². The molecule has 0 bridgehead atoms. The number of hydrogen-bond acceptors (Lipinski definition) is 4. The molecular weight excluding hydrogens is 319 g/mol. The molecule has 0 saturated heterocycles. The van der Waals surface area contributed by atoms with Crippen molar-refractivity contribution in [3.8, 4) is 6.07 Å². The SMILES string of the molecule is CCCN(Cc1cnn(C)c1)S(=O)(=O)c1cccc(F)c1C#N. The van der Waals surface area contributed by atoms with Crippen LogP contribution in [0.25, 0.3) is 0 Å². The molecule has 0 saturated carbocycles. The van der Waals surface area contributed by atoms with Crippen LogP contribution in [0.4, 0.5) is 4.39 Å². The average Bonchev–Trinajstić information content (AvgIpc) is 2.91. The summed E-state index contributed by atoms with van der Waals surface area (Å²) in [4.78, 5) is -0.308. The second-order valence-corrected chi connectivity index (χ2v) is 6.99. The molecule has 0 fully saturated rings. The average molecular weight is 336 g/mol. The lowest BCUT2D eigenvalue weighted by Crippen LogP contribution is -2.32. The van der Waals surface area contributed by atoms with Gasteiger partial charge in [0, 0.05) is 31.9 Å². The van der Waals surface area contributed by atoms with Gasteiger partial charge in [-0.25, -0.2) is 12.8 Å². The number of aromatic nitrogens is 2. The Labute approximate surface area is 134 Å². The van der Waals surface area contributed by atoms with E-state index in [1.165, 1.54) is 16.4 Å². The molecule has 2 rings (SSSR count). The van der Waals surface area contributed by atoms with Crippen LogP contribution in [0.1, 0.15) is 24.5 Å². The van der Waals surface area contributed by atoms with E-state index in [2.05, 4.69) is 5.10 Å². The molecule has 1 heterocycles. The van der Waals surface area contributed by atoms with E-state index in [4.69, 9.17) is 5.26 Å². The summed E-state index contributed by atoms with van der Waals surface area (Å²) in [6.45, 7) is 2.23. The van der Waals surface area contributed by atoms with E-state index in [0.29, 0.717) is 6.42 Å². The monoisotopic (exact) mass is 336 g/mol. The molecule has 0 N–H and O–H groups in total. The van der Waals surface area contributed by atoms with Crippen molar-refractivity contribution in [2.24, 2.45) is 7.05 Å². The van der Waals surface area contributed by atoms with E-state index >= 15 is 0 Å². The first-order chi connectivity index (χ1) is 10.9. The maximum Gasteiger partial charge on any atom is 0.244 e. The summed E-state index contributed by atoms with van der Waals surface area (Å²) < 4.78 is 42.2. The molecule has 8 heteroatoms. The number of nitriles is 1. The molecule has 0 radical (unpaired) electrons. The minimum Gasteiger partial charge on any atom is -0.275 e. The number of nitrogens with zero attached hydrogens (tertiary/aromatic N) is 4. The highest BCUT2D eigenvalue weighted by molar-refractivity contribution is 7.89. The highest BCUT2D eigenvalue weighted by atomic mass is 32.2. The first-order valence-electron chi connectivity index (χ1n) is 7.06. The first kappa shape index (κ1) is 17.1. The number of hydrogen-bond donors (Lipinski definition) is 0. The van der Waals surface area contributed by atoms with Crippen molar-refractivity contribution in [2.45, 2.75) is 24.8 Å². The van der Waals surface area contributed by atoms with Crippen LogP contribution in [0.3, 0.4) is 0 Å². The predicted octanol–water partition coefficient (Wildman–Crippen LogP) is 2.03. The van der Waals surface area contributed by atoms with Gasteiger partial charge in [-0.3, -0.25) is 4.68 Å². The highest BCUT2D eigenvalue weighted by Gasteiger charge is 2.28. The van der Waals surface area contributed by atoms with Crippen LogP contribution < -0.4 is 0 Å². The van der Waals surface area contributed by atoms with Gasteiger partial charge in [0.25, 0.3) is 0 Å². The van der Waals surface area contributed by atoms with Crippen molar-refractivity contribution >= 4 is 10.0 Å². The second kappa shape index (κ2) is 6.89. The van der Waals surface area contributed by atoms with Gasteiger partial charge in [0.15, 0.2) is 0 Å². The number of aryl methyl sites for hydroxylation is 1. The molecular formula is C15H17FN4O2S. The summed E-state index contributed by atoms with van der Waals surface area (Å²) >= 11 is 0. The van der Waals surface area contributed by atoms with Crippen LogP contribution in [0, 0.1) is 17.1 Å². The van der Waals surface area contributed by atoms with Crippen molar-refractivity contribution < 1.29 is 12.8 Å². The zero-order valence-electron chi connectivity index (χ0n) is 12.9. The Kier molecular flexibility index (Phi) is 5.13. The van der Waals surface area contributed by atoms with Crippen LogP contribution in [0.2, 0.25) is 0 Å². The van der Waals surface area contributed by atoms with E-state index < -0.39 is 21.4 Å². The largest absolute Gasteiger partial charge is 0.275 e. The van der Waals surface area contributed by atoms with Gasteiger partial charge in [0.1, 0.15) is 22.3 Å².